The number of carbonyl (C=O) groups excluding carboxylic acids is 1. The van der Waals surface area contributed by atoms with Gasteiger partial charge in [-0.2, -0.15) is 0 Å². The largest absolute Gasteiger partial charge is 0.481 e. The standard InChI is InChI=1S/C14H26N2O3/c1-9-4-5-12(11(3)6-9)16-14(19)15-8-10(2)7-13(17)18/h9-12H,4-8H2,1-3H3,(H,17,18)(H2,15,16,19). The molecule has 0 aromatic rings. The van der Waals surface area contributed by atoms with Crippen LogP contribution in [0.3, 0.4) is 0 Å². The molecular formula is C14H26N2O3. The average Bonchev–Trinajstić information content (AvgIpc) is 2.29. The quantitative estimate of drug-likeness (QED) is 0.716. The Balaban J connectivity index is 2.25. The third-order valence-corrected chi connectivity index (χ3v) is 3.88. The summed E-state index contributed by atoms with van der Waals surface area (Å²) in [7, 11) is 0. The van der Waals surface area contributed by atoms with Crippen molar-refractivity contribution in [1.29, 1.82) is 0 Å². The van der Waals surface area contributed by atoms with Gasteiger partial charge in [-0.15, -0.1) is 0 Å². The molecule has 0 spiro atoms. The minimum Gasteiger partial charge on any atom is -0.481 e. The molecule has 1 rings (SSSR count). The summed E-state index contributed by atoms with van der Waals surface area (Å²) in [5, 5.41) is 14.4. The third kappa shape index (κ3) is 5.94. The van der Waals surface area contributed by atoms with Crippen molar-refractivity contribution in [3.63, 3.8) is 0 Å². The fourth-order valence-electron chi connectivity index (χ4n) is 2.74. The molecule has 1 saturated carbocycles. The fourth-order valence-corrected chi connectivity index (χ4v) is 2.74. The summed E-state index contributed by atoms with van der Waals surface area (Å²) in [4.78, 5) is 22.3. The highest BCUT2D eigenvalue weighted by Gasteiger charge is 2.26. The first kappa shape index (κ1) is 15.8. The fraction of sp³-hybridized carbons (Fsp3) is 0.857. The highest BCUT2D eigenvalue weighted by atomic mass is 16.4. The van der Waals surface area contributed by atoms with Crippen LogP contribution in [0.25, 0.3) is 0 Å². The molecule has 4 atom stereocenters. The Kier molecular flexibility index (Phi) is 6.12. The van der Waals surface area contributed by atoms with Crippen LogP contribution in [0.1, 0.15) is 46.5 Å². The van der Waals surface area contributed by atoms with Gasteiger partial charge in [-0.3, -0.25) is 4.79 Å². The van der Waals surface area contributed by atoms with Crippen molar-refractivity contribution < 1.29 is 14.7 Å². The van der Waals surface area contributed by atoms with Gasteiger partial charge in [0.1, 0.15) is 0 Å². The number of hydrogen-bond acceptors (Lipinski definition) is 2. The van der Waals surface area contributed by atoms with Crippen molar-refractivity contribution in [3.8, 4) is 0 Å². The molecule has 110 valence electrons. The second-order valence-electron chi connectivity index (χ2n) is 6.06. The van der Waals surface area contributed by atoms with E-state index in [9.17, 15) is 9.59 Å². The minimum atomic E-state index is -0.829. The summed E-state index contributed by atoms with van der Waals surface area (Å²) in [5.41, 5.74) is 0. The number of carboxylic acids is 1. The number of nitrogens with one attached hydrogen (secondary N) is 2. The summed E-state index contributed by atoms with van der Waals surface area (Å²) < 4.78 is 0. The van der Waals surface area contributed by atoms with E-state index in [4.69, 9.17) is 5.11 Å². The summed E-state index contributed by atoms with van der Waals surface area (Å²) in [6.45, 7) is 6.64. The predicted molar refractivity (Wildman–Crippen MR) is 73.9 cm³/mol. The first-order chi connectivity index (χ1) is 8.88. The molecule has 1 aliphatic carbocycles. The van der Waals surface area contributed by atoms with Crippen LogP contribution in [0.2, 0.25) is 0 Å². The van der Waals surface area contributed by atoms with E-state index in [-0.39, 0.29) is 24.4 Å². The lowest BCUT2D eigenvalue weighted by atomic mass is 9.80. The molecule has 0 aromatic carbocycles. The number of carboxylic acid groups (broad SMARTS) is 1. The summed E-state index contributed by atoms with van der Waals surface area (Å²) in [6.07, 6.45) is 3.42. The molecule has 0 saturated heterocycles. The van der Waals surface area contributed by atoms with Gasteiger partial charge in [-0.05, 0) is 37.0 Å². The van der Waals surface area contributed by atoms with E-state index < -0.39 is 5.97 Å². The van der Waals surface area contributed by atoms with Gasteiger partial charge in [-0.1, -0.05) is 20.8 Å². The molecular weight excluding hydrogens is 244 g/mol. The molecule has 4 unspecified atom stereocenters. The number of hydrogen-bond donors (Lipinski definition) is 3. The van der Waals surface area contributed by atoms with Crippen LogP contribution in [-0.4, -0.2) is 29.7 Å². The molecule has 2 amide bonds. The summed E-state index contributed by atoms with van der Waals surface area (Å²) in [5.74, 6) is 0.370. The Bertz CT molecular complexity index is 320. The van der Waals surface area contributed by atoms with Crippen molar-refractivity contribution in [3.05, 3.63) is 0 Å². The van der Waals surface area contributed by atoms with E-state index in [0.717, 1.165) is 25.2 Å². The minimum absolute atomic E-state index is 0.0490. The Labute approximate surface area is 115 Å². The van der Waals surface area contributed by atoms with Crippen LogP contribution in [0.5, 0.6) is 0 Å². The van der Waals surface area contributed by atoms with Gasteiger partial charge in [0.05, 0.1) is 0 Å². The zero-order valence-electron chi connectivity index (χ0n) is 12.1. The van der Waals surface area contributed by atoms with Crippen molar-refractivity contribution in [2.45, 2.75) is 52.5 Å². The lowest BCUT2D eigenvalue weighted by Gasteiger charge is -2.33. The Morgan fingerprint density at radius 2 is 2.00 bits per heavy atom. The van der Waals surface area contributed by atoms with Crippen LogP contribution in [0, 0.1) is 17.8 Å². The smallest absolute Gasteiger partial charge is 0.315 e. The number of amides is 2. The van der Waals surface area contributed by atoms with E-state index in [2.05, 4.69) is 24.5 Å². The molecule has 19 heavy (non-hydrogen) atoms. The Morgan fingerprint density at radius 1 is 1.32 bits per heavy atom. The van der Waals surface area contributed by atoms with E-state index in [1.165, 1.54) is 0 Å². The van der Waals surface area contributed by atoms with Gasteiger partial charge in [0.25, 0.3) is 0 Å². The molecule has 0 radical (unpaired) electrons. The molecule has 5 nitrogen and oxygen atoms in total. The van der Waals surface area contributed by atoms with E-state index in [1.54, 1.807) is 0 Å². The topological polar surface area (TPSA) is 78.4 Å². The maximum absolute atomic E-state index is 11.8. The van der Waals surface area contributed by atoms with Gasteiger partial charge in [0.15, 0.2) is 0 Å². The third-order valence-electron chi connectivity index (χ3n) is 3.88. The average molecular weight is 270 g/mol. The zero-order chi connectivity index (χ0) is 14.4. The highest BCUT2D eigenvalue weighted by molar-refractivity contribution is 5.74. The monoisotopic (exact) mass is 270 g/mol. The predicted octanol–water partition coefficient (Wildman–Crippen LogP) is 2.22. The van der Waals surface area contributed by atoms with Crippen molar-refractivity contribution in [2.24, 2.45) is 17.8 Å². The van der Waals surface area contributed by atoms with Gasteiger partial charge in [-0.25, -0.2) is 4.79 Å². The molecule has 0 heterocycles. The second-order valence-corrected chi connectivity index (χ2v) is 6.06. The number of aliphatic carboxylic acids is 1. The lowest BCUT2D eigenvalue weighted by molar-refractivity contribution is -0.137. The second kappa shape index (κ2) is 7.36. The zero-order valence-corrected chi connectivity index (χ0v) is 12.1. The van der Waals surface area contributed by atoms with Crippen LogP contribution in [-0.2, 0) is 4.79 Å². The molecule has 1 aliphatic rings. The van der Waals surface area contributed by atoms with E-state index in [1.807, 2.05) is 6.92 Å². The van der Waals surface area contributed by atoms with E-state index in [0.29, 0.717) is 12.5 Å². The molecule has 0 aliphatic heterocycles. The summed E-state index contributed by atoms with van der Waals surface area (Å²) in [6, 6.07) is 0.0645. The molecule has 0 bridgehead atoms. The Morgan fingerprint density at radius 3 is 2.58 bits per heavy atom. The molecule has 5 heteroatoms. The van der Waals surface area contributed by atoms with Crippen LogP contribution < -0.4 is 10.6 Å². The van der Waals surface area contributed by atoms with Crippen LogP contribution in [0.15, 0.2) is 0 Å². The van der Waals surface area contributed by atoms with E-state index >= 15 is 0 Å². The van der Waals surface area contributed by atoms with Gasteiger partial charge in [0, 0.05) is 19.0 Å². The van der Waals surface area contributed by atoms with Gasteiger partial charge >= 0.3 is 12.0 Å². The highest BCUT2D eigenvalue weighted by Crippen LogP contribution is 2.28. The number of rotatable bonds is 5. The summed E-state index contributed by atoms with van der Waals surface area (Å²) >= 11 is 0. The lowest BCUT2D eigenvalue weighted by Crippen LogP contribution is -2.47. The van der Waals surface area contributed by atoms with Crippen molar-refractivity contribution >= 4 is 12.0 Å². The van der Waals surface area contributed by atoms with Crippen molar-refractivity contribution in [1.82, 2.24) is 10.6 Å². The molecule has 1 fully saturated rings. The Hall–Kier alpha value is -1.26. The normalized spacial score (nSPS) is 28.5. The van der Waals surface area contributed by atoms with Crippen LogP contribution in [0.4, 0.5) is 4.79 Å². The SMILES string of the molecule is CC(CNC(=O)NC1CCC(C)CC1C)CC(=O)O. The van der Waals surface area contributed by atoms with Crippen molar-refractivity contribution in [2.75, 3.05) is 6.54 Å². The first-order valence-corrected chi connectivity index (χ1v) is 7.14. The maximum atomic E-state index is 11.8. The maximum Gasteiger partial charge on any atom is 0.315 e. The number of urea groups is 1. The molecule has 3 N–H and O–H groups in total. The first-order valence-electron chi connectivity index (χ1n) is 7.14. The van der Waals surface area contributed by atoms with Gasteiger partial charge in [0.2, 0.25) is 0 Å². The van der Waals surface area contributed by atoms with Gasteiger partial charge < -0.3 is 15.7 Å². The molecule has 0 aromatic heterocycles. The van der Waals surface area contributed by atoms with Crippen LogP contribution >= 0.6 is 0 Å². The number of carbonyl (C=O) groups is 2.